The molecule has 0 amide bonds. The highest BCUT2D eigenvalue weighted by Gasteiger charge is 2.19. The Morgan fingerprint density at radius 1 is 0.588 bits per heavy atom. The van der Waals surface area contributed by atoms with Crippen LogP contribution in [0.4, 0.5) is 0 Å². The smallest absolute Gasteiger partial charge is 0.304 e. The van der Waals surface area contributed by atoms with E-state index in [1.165, 1.54) is 12.4 Å². The lowest BCUT2D eigenvalue weighted by molar-refractivity contribution is -0.138. The number of halogens is 2. The minimum absolute atomic E-state index is 0.0615. The zero-order valence-electron chi connectivity index (χ0n) is 37.9. The number of carboxylic acid groups (broad SMARTS) is 2. The van der Waals surface area contributed by atoms with Gasteiger partial charge in [-0.3, -0.25) is 19.6 Å². The maximum absolute atomic E-state index is 11.3. The molecule has 6 rings (SSSR count). The number of carboxylic acids is 2. The lowest BCUT2D eigenvalue weighted by Crippen LogP contribution is -2.28. The van der Waals surface area contributed by atoms with Gasteiger partial charge in [-0.1, -0.05) is 59.6 Å². The second kappa shape index (κ2) is 24.0. The highest BCUT2D eigenvalue weighted by molar-refractivity contribution is 6.32. The lowest BCUT2D eigenvalue weighted by Gasteiger charge is -2.19. The van der Waals surface area contributed by atoms with Crippen molar-refractivity contribution in [1.29, 1.82) is 10.5 Å². The number of benzene rings is 4. The molecule has 0 spiro atoms. The van der Waals surface area contributed by atoms with Gasteiger partial charge in [-0.15, -0.1) is 0 Å². The van der Waals surface area contributed by atoms with Crippen LogP contribution < -0.4 is 29.6 Å². The monoisotopic (exact) mass is 956 g/mol. The molecule has 0 aliphatic rings. The Kier molecular flexibility index (Phi) is 17.7. The summed E-state index contributed by atoms with van der Waals surface area (Å²) < 4.78 is 25.2. The first-order valence-electron chi connectivity index (χ1n) is 21.6. The largest absolute Gasteiger partial charge is 0.488 e. The zero-order chi connectivity index (χ0) is 48.7. The van der Waals surface area contributed by atoms with Crippen molar-refractivity contribution in [2.24, 2.45) is 0 Å². The molecule has 0 radical (unpaired) electrons. The first-order valence-corrected chi connectivity index (χ1v) is 22.4. The number of hydrogen-bond acceptors (Lipinski definition) is 12. The van der Waals surface area contributed by atoms with Crippen molar-refractivity contribution < 1.29 is 38.7 Å². The number of nitrogens with zero attached hydrogens (tertiary/aromatic N) is 4. The molecule has 2 unspecified atom stereocenters. The predicted molar refractivity (Wildman–Crippen MR) is 257 cm³/mol. The van der Waals surface area contributed by atoms with E-state index in [2.05, 4.69) is 44.9 Å². The van der Waals surface area contributed by atoms with Gasteiger partial charge in [0.1, 0.15) is 61.6 Å². The fraction of sp³-hybridized carbons (Fsp3) is 0.269. The van der Waals surface area contributed by atoms with E-state index in [0.29, 0.717) is 66.4 Å². The summed E-state index contributed by atoms with van der Waals surface area (Å²) in [6.45, 7) is 8.83. The van der Waals surface area contributed by atoms with Crippen LogP contribution in [0.2, 0.25) is 10.0 Å². The number of pyridine rings is 2. The molecule has 2 heterocycles. The van der Waals surface area contributed by atoms with Crippen LogP contribution in [-0.4, -0.2) is 44.2 Å². The van der Waals surface area contributed by atoms with Crippen LogP contribution >= 0.6 is 23.2 Å². The number of nitrogens with one attached hydrogen (secondary N) is 2. The highest BCUT2D eigenvalue weighted by atomic mass is 35.5. The summed E-state index contributed by atoms with van der Waals surface area (Å²) in [5, 5.41) is 44.4. The summed E-state index contributed by atoms with van der Waals surface area (Å²) in [5.74, 6) is -0.0978. The molecule has 2 atom stereocenters. The Hall–Kier alpha value is -7.20. The maximum atomic E-state index is 11.3. The van der Waals surface area contributed by atoms with Crippen LogP contribution in [0.5, 0.6) is 23.0 Å². The number of carbonyl (C=O) groups is 2. The van der Waals surface area contributed by atoms with E-state index < -0.39 is 11.9 Å². The minimum Gasteiger partial charge on any atom is -0.488 e. The fourth-order valence-electron chi connectivity index (χ4n) is 7.31. The van der Waals surface area contributed by atoms with Crippen LogP contribution in [-0.2, 0) is 49.1 Å². The molecule has 4 N–H and O–H groups in total. The van der Waals surface area contributed by atoms with Gasteiger partial charge in [0.15, 0.2) is 0 Å². The molecular weight excluding hydrogens is 908 g/mol. The molecule has 0 aliphatic carbocycles. The van der Waals surface area contributed by atoms with Crippen LogP contribution in [0.1, 0.15) is 82.3 Å². The second-order valence-corrected chi connectivity index (χ2v) is 17.1. The normalized spacial score (nSPS) is 11.8. The quantitative estimate of drug-likeness (QED) is 0.0471. The predicted octanol–water partition coefficient (Wildman–Crippen LogP) is 10.0. The van der Waals surface area contributed by atoms with Crippen molar-refractivity contribution in [3.05, 3.63) is 163 Å². The van der Waals surface area contributed by atoms with Crippen molar-refractivity contribution >= 4 is 35.1 Å². The van der Waals surface area contributed by atoms with E-state index in [9.17, 15) is 30.3 Å². The number of hydrogen-bond donors (Lipinski definition) is 4. The van der Waals surface area contributed by atoms with Gasteiger partial charge in [0.25, 0.3) is 0 Å². The molecule has 14 nitrogen and oxygen atoms in total. The van der Waals surface area contributed by atoms with E-state index in [-0.39, 0.29) is 64.4 Å². The summed E-state index contributed by atoms with van der Waals surface area (Å²) >= 11 is 13.6. The van der Waals surface area contributed by atoms with Gasteiger partial charge in [-0.2, -0.15) is 10.5 Å². The first-order chi connectivity index (χ1) is 32.7. The summed E-state index contributed by atoms with van der Waals surface area (Å²) in [7, 11) is 0. The molecule has 0 saturated heterocycles. The Morgan fingerprint density at radius 2 is 0.985 bits per heavy atom. The average Bonchev–Trinajstić information content (AvgIpc) is 3.31. The number of ether oxygens (including phenoxy) is 4. The molecule has 4 aromatic carbocycles. The molecule has 350 valence electrons. The van der Waals surface area contributed by atoms with Crippen molar-refractivity contribution in [3.63, 3.8) is 0 Å². The van der Waals surface area contributed by atoms with E-state index in [4.69, 9.17) is 42.1 Å². The van der Waals surface area contributed by atoms with Crippen molar-refractivity contribution in [2.45, 2.75) is 92.1 Å². The van der Waals surface area contributed by atoms with Crippen molar-refractivity contribution in [2.75, 3.05) is 0 Å². The van der Waals surface area contributed by atoms with Gasteiger partial charge >= 0.3 is 11.9 Å². The minimum atomic E-state index is -0.915. The third-order valence-corrected chi connectivity index (χ3v) is 11.6. The highest BCUT2D eigenvalue weighted by Crippen LogP contribution is 2.37. The van der Waals surface area contributed by atoms with E-state index >= 15 is 0 Å². The number of aromatic nitrogens is 2. The van der Waals surface area contributed by atoms with Gasteiger partial charge < -0.3 is 39.8 Å². The molecule has 6 aromatic rings. The zero-order valence-corrected chi connectivity index (χ0v) is 39.4. The van der Waals surface area contributed by atoms with E-state index in [0.717, 1.165) is 33.4 Å². The van der Waals surface area contributed by atoms with Gasteiger partial charge in [0, 0.05) is 84.3 Å². The van der Waals surface area contributed by atoms with Crippen LogP contribution in [0.3, 0.4) is 0 Å². The Labute approximate surface area is 405 Å². The van der Waals surface area contributed by atoms with Gasteiger partial charge in [0.2, 0.25) is 0 Å². The van der Waals surface area contributed by atoms with Crippen molar-refractivity contribution in [1.82, 2.24) is 20.6 Å². The molecular formula is C52H50Cl2N6O8. The standard InChI is InChI=1S/C52H50Cl2N6O8/c1-31(11-51(61)62)59-25-41-15-45(53)49(17-47(41)65-27-37-13-35(19-55)21-57-23-37)67-29-39-7-5-9-43(33(39)3)44-10-6-8-40(34(44)4)30-68-50-18-48(66-28-38-14-36(20-56)22-58-24-38)42(16-46(50)54)26-60-32(2)12-52(63)64/h5-10,13-18,21-24,31-32,59-60H,11-12,25-30H2,1-4H3,(H,61,62)(H,63,64). The Bertz CT molecular complexity index is 2670. The average molecular weight is 958 g/mol. The van der Waals surface area contributed by atoms with E-state index in [1.807, 2.05) is 38.1 Å². The van der Waals surface area contributed by atoms with Gasteiger partial charge in [0.05, 0.1) is 34.0 Å². The molecule has 2 aromatic heterocycles. The first kappa shape index (κ1) is 50.2. The molecule has 0 saturated carbocycles. The Morgan fingerprint density at radius 3 is 1.37 bits per heavy atom. The summed E-state index contributed by atoms with van der Waals surface area (Å²) in [6, 6.07) is 25.9. The summed E-state index contributed by atoms with van der Waals surface area (Å²) in [5.41, 5.74) is 9.46. The van der Waals surface area contributed by atoms with E-state index in [1.54, 1.807) is 62.6 Å². The number of aliphatic carboxylic acids is 2. The van der Waals surface area contributed by atoms with Gasteiger partial charge in [-0.05, 0) is 85.3 Å². The third-order valence-electron chi connectivity index (χ3n) is 11.1. The summed E-state index contributed by atoms with van der Waals surface area (Å²) in [6.07, 6.45) is 6.07. The van der Waals surface area contributed by atoms with Crippen molar-refractivity contribution in [3.8, 4) is 46.3 Å². The molecule has 16 heteroatoms. The summed E-state index contributed by atoms with van der Waals surface area (Å²) in [4.78, 5) is 30.8. The number of nitriles is 2. The third kappa shape index (κ3) is 13.9. The lowest BCUT2D eigenvalue weighted by atomic mass is 9.92. The van der Waals surface area contributed by atoms with Gasteiger partial charge in [-0.25, -0.2) is 0 Å². The SMILES string of the molecule is Cc1c(COc2cc(OCc3cncc(C#N)c3)c(CNC(C)CC(=O)O)cc2Cl)cccc1-c1cccc(COc2cc(OCc3cncc(C#N)c3)c(CNC(C)CC(=O)O)cc2Cl)c1C. The number of rotatable bonds is 23. The second-order valence-electron chi connectivity index (χ2n) is 16.3. The maximum Gasteiger partial charge on any atom is 0.304 e. The molecule has 68 heavy (non-hydrogen) atoms. The fourth-order valence-corrected chi connectivity index (χ4v) is 7.79. The molecule has 0 aliphatic heterocycles. The van der Waals surface area contributed by atoms with Crippen LogP contribution in [0, 0.1) is 36.5 Å². The molecule has 0 fully saturated rings. The van der Waals surface area contributed by atoms with Crippen LogP contribution in [0.15, 0.2) is 97.6 Å². The van der Waals surface area contributed by atoms with Crippen LogP contribution in [0.25, 0.3) is 11.1 Å². The Balaban J connectivity index is 1.19. The molecule has 0 bridgehead atoms. The topological polar surface area (TPSA) is 209 Å².